The minimum Gasteiger partial charge on any atom is -0.279 e. The molecule has 11 heteroatoms. The number of amides is 1. The lowest BCUT2D eigenvalue weighted by Crippen LogP contribution is -2.17. The van der Waals surface area contributed by atoms with Crippen LogP contribution in [0.2, 0.25) is 0 Å². The summed E-state index contributed by atoms with van der Waals surface area (Å²) in [4.78, 5) is 33.4. The molecule has 36 heavy (non-hydrogen) atoms. The fourth-order valence-corrected chi connectivity index (χ4v) is 2.97. The topological polar surface area (TPSA) is 152 Å². The van der Waals surface area contributed by atoms with Crippen LogP contribution >= 0.6 is 0 Å². The van der Waals surface area contributed by atoms with E-state index in [4.69, 9.17) is 0 Å². The summed E-state index contributed by atoms with van der Waals surface area (Å²) in [6.45, 7) is 0. The van der Waals surface area contributed by atoms with Gasteiger partial charge < -0.3 is 0 Å². The smallest absolute Gasteiger partial charge is 0.276 e. The largest absolute Gasteiger partial charge is 0.279 e. The molecule has 0 bridgehead atoms. The Hall–Kier alpha value is -5.45. The van der Waals surface area contributed by atoms with Gasteiger partial charge in [0.15, 0.2) is 0 Å². The molecule has 3 rings (SSSR count). The van der Waals surface area contributed by atoms with Crippen molar-refractivity contribution >= 4 is 47.6 Å². The van der Waals surface area contributed by atoms with Gasteiger partial charge in [-0.1, -0.05) is 30.3 Å². The molecule has 0 heterocycles. The van der Waals surface area contributed by atoms with E-state index in [1.165, 1.54) is 36.7 Å². The molecule has 0 saturated carbocycles. The van der Waals surface area contributed by atoms with E-state index < -0.39 is 15.8 Å². The van der Waals surface area contributed by atoms with E-state index in [2.05, 4.69) is 21.1 Å². The first kappa shape index (κ1) is 25.2. The highest BCUT2D eigenvalue weighted by molar-refractivity contribution is 5.95. The fraction of sp³-hybridized carbons (Fsp3) is 0. The van der Waals surface area contributed by atoms with Crippen LogP contribution in [0.15, 0.2) is 95.2 Å². The Labute approximate surface area is 205 Å². The van der Waals surface area contributed by atoms with E-state index >= 15 is 0 Å². The van der Waals surface area contributed by atoms with Crippen molar-refractivity contribution in [3.63, 3.8) is 0 Å². The molecule has 0 aliphatic carbocycles. The van der Waals surface area contributed by atoms with Gasteiger partial charge in [0.2, 0.25) is 0 Å². The number of hydrazone groups is 2. The summed E-state index contributed by atoms with van der Waals surface area (Å²) in [6.07, 6.45) is 8.85. The first-order valence-corrected chi connectivity index (χ1v) is 10.5. The van der Waals surface area contributed by atoms with Gasteiger partial charge in [-0.25, -0.2) is 5.43 Å². The Morgan fingerprint density at radius 1 is 0.750 bits per heavy atom. The van der Waals surface area contributed by atoms with Crippen molar-refractivity contribution in [1.82, 2.24) is 5.43 Å². The molecule has 3 aromatic rings. The second-order valence-corrected chi connectivity index (χ2v) is 7.04. The van der Waals surface area contributed by atoms with Crippen LogP contribution in [0.4, 0.5) is 17.1 Å². The van der Waals surface area contributed by atoms with Gasteiger partial charge in [-0.3, -0.25) is 30.4 Å². The molecule has 180 valence electrons. The van der Waals surface area contributed by atoms with E-state index in [9.17, 15) is 25.0 Å². The normalized spacial score (nSPS) is 11.4. The number of nitro benzene ring substituents is 2. The van der Waals surface area contributed by atoms with Gasteiger partial charge in [-0.2, -0.15) is 10.2 Å². The van der Waals surface area contributed by atoms with Crippen LogP contribution in [0.1, 0.15) is 21.5 Å². The molecule has 0 aliphatic heterocycles. The van der Waals surface area contributed by atoms with Gasteiger partial charge >= 0.3 is 0 Å². The number of allylic oxidation sites excluding steroid dienone is 2. The Morgan fingerprint density at radius 2 is 1.31 bits per heavy atom. The van der Waals surface area contributed by atoms with Crippen LogP contribution in [0, 0.1) is 20.2 Å². The highest BCUT2D eigenvalue weighted by Crippen LogP contribution is 2.19. The summed E-state index contributed by atoms with van der Waals surface area (Å²) in [5.41, 5.74) is 6.83. The minimum atomic E-state index is -0.477. The van der Waals surface area contributed by atoms with Crippen molar-refractivity contribution < 1.29 is 14.6 Å². The number of carbonyl (C=O) groups is 1. The number of nitrogens with one attached hydrogen (secondary N) is 2. The van der Waals surface area contributed by atoms with Gasteiger partial charge in [0.25, 0.3) is 17.3 Å². The molecular formula is C25H20N6O5. The van der Waals surface area contributed by atoms with Crippen molar-refractivity contribution in [2.45, 2.75) is 0 Å². The maximum Gasteiger partial charge on any atom is 0.276 e. The van der Waals surface area contributed by atoms with Crippen LogP contribution in [0.5, 0.6) is 0 Å². The number of benzene rings is 3. The molecule has 0 radical (unpaired) electrons. The molecule has 0 atom stereocenters. The van der Waals surface area contributed by atoms with Crippen LogP contribution in [0.3, 0.4) is 0 Å². The van der Waals surface area contributed by atoms with Crippen molar-refractivity contribution in [2.24, 2.45) is 10.2 Å². The van der Waals surface area contributed by atoms with Gasteiger partial charge in [-0.15, -0.1) is 0 Å². The lowest BCUT2D eigenvalue weighted by Gasteiger charge is -2.03. The predicted molar refractivity (Wildman–Crippen MR) is 139 cm³/mol. The summed E-state index contributed by atoms with van der Waals surface area (Å²) in [5, 5.41) is 29.9. The fourth-order valence-electron chi connectivity index (χ4n) is 2.97. The number of anilines is 1. The number of nitrogens with zero attached hydrogens (tertiary/aromatic N) is 4. The van der Waals surface area contributed by atoms with E-state index in [1.54, 1.807) is 72.8 Å². The van der Waals surface area contributed by atoms with Gasteiger partial charge in [0.05, 0.1) is 26.7 Å². The Balaban J connectivity index is 1.54. The van der Waals surface area contributed by atoms with Crippen LogP contribution in [0.25, 0.3) is 12.2 Å². The Kier molecular flexibility index (Phi) is 8.88. The lowest BCUT2D eigenvalue weighted by molar-refractivity contribution is -0.385. The predicted octanol–water partition coefficient (Wildman–Crippen LogP) is 5.04. The molecule has 0 saturated heterocycles. The summed E-state index contributed by atoms with van der Waals surface area (Å²) in [6, 6.07) is 19.1. The van der Waals surface area contributed by atoms with E-state index in [0.717, 1.165) is 0 Å². The zero-order valence-corrected chi connectivity index (χ0v) is 18.7. The van der Waals surface area contributed by atoms with Gasteiger partial charge in [-0.05, 0) is 54.6 Å². The van der Waals surface area contributed by atoms with E-state index in [1.807, 2.05) is 0 Å². The monoisotopic (exact) mass is 484 g/mol. The van der Waals surface area contributed by atoms with Crippen LogP contribution < -0.4 is 10.9 Å². The molecule has 2 N–H and O–H groups in total. The molecule has 11 nitrogen and oxygen atoms in total. The second kappa shape index (κ2) is 12.7. The quantitative estimate of drug-likeness (QED) is 0.233. The SMILES string of the molecule is O=C(NN=CC=Cc1ccccc1[N+](=O)[O-])c1cccc(NN=CC=Cc2ccccc2[N+](=O)[O-])c1. The van der Waals surface area contributed by atoms with Crippen molar-refractivity contribution in [1.29, 1.82) is 0 Å². The number of para-hydroxylation sites is 2. The van der Waals surface area contributed by atoms with Gasteiger partial charge in [0.1, 0.15) is 0 Å². The highest BCUT2D eigenvalue weighted by atomic mass is 16.6. The number of rotatable bonds is 10. The third kappa shape index (κ3) is 7.28. The molecule has 0 aromatic heterocycles. The maximum absolute atomic E-state index is 12.3. The van der Waals surface area contributed by atoms with Crippen LogP contribution in [-0.2, 0) is 0 Å². The van der Waals surface area contributed by atoms with Crippen molar-refractivity contribution in [3.8, 4) is 0 Å². The molecule has 0 spiro atoms. The molecule has 0 aliphatic rings. The van der Waals surface area contributed by atoms with E-state index in [-0.39, 0.29) is 11.4 Å². The summed E-state index contributed by atoms with van der Waals surface area (Å²) in [7, 11) is 0. The van der Waals surface area contributed by atoms with Gasteiger partial charge in [0, 0.05) is 30.1 Å². The molecular weight excluding hydrogens is 464 g/mol. The first-order chi connectivity index (χ1) is 17.5. The Morgan fingerprint density at radius 3 is 1.89 bits per heavy atom. The standard InChI is InChI=1S/C25H20N6O5/c32-25(29-27-17-7-12-20-9-2-4-15-24(20)31(35)36)21-10-5-13-22(18-21)28-26-16-6-11-19-8-1-3-14-23(19)30(33)34/h1-18,28H,(H,29,32). The number of hydrogen-bond acceptors (Lipinski definition) is 8. The summed E-state index contributed by atoms with van der Waals surface area (Å²) >= 11 is 0. The molecule has 0 unspecified atom stereocenters. The summed E-state index contributed by atoms with van der Waals surface area (Å²) in [5.74, 6) is -0.464. The first-order valence-electron chi connectivity index (χ1n) is 10.5. The second-order valence-electron chi connectivity index (χ2n) is 7.04. The van der Waals surface area contributed by atoms with E-state index in [0.29, 0.717) is 22.4 Å². The minimum absolute atomic E-state index is 0.00616. The highest BCUT2D eigenvalue weighted by Gasteiger charge is 2.09. The van der Waals surface area contributed by atoms with Crippen LogP contribution in [-0.4, -0.2) is 28.2 Å². The third-order valence-corrected chi connectivity index (χ3v) is 4.62. The third-order valence-electron chi connectivity index (χ3n) is 4.62. The lowest BCUT2D eigenvalue weighted by atomic mass is 10.1. The zero-order chi connectivity index (χ0) is 25.8. The number of carbonyl (C=O) groups excluding carboxylic acids is 1. The molecule has 0 fully saturated rings. The average Bonchev–Trinajstić information content (AvgIpc) is 2.88. The average molecular weight is 484 g/mol. The number of hydrogen-bond donors (Lipinski definition) is 2. The Bertz CT molecular complexity index is 1380. The zero-order valence-electron chi connectivity index (χ0n) is 18.7. The molecule has 1 amide bonds. The van der Waals surface area contributed by atoms with Crippen molar-refractivity contribution in [3.05, 3.63) is 122 Å². The number of nitro groups is 2. The molecule has 3 aromatic carbocycles. The maximum atomic E-state index is 12.3. The van der Waals surface area contributed by atoms with Crippen molar-refractivity contribution in [2.75, 3.05) is 5.43 Å². The summed E-state index contributed by atoms with van der Waals surface area (Å²) < 4.78 is 0.